The average molecular weight is 323 g/mol. The van der Waals surface area contributed by atoms with E-state index >= 15 is 0 Å². The number of hydrogen-bond acceptors (Lipinski definition) is 2. The molecule has 3 nitrogen and oxygen atoms in total. The molecule has 2 aromatic rings. The third-order valence-electron chi connectivity index (χ3n) is 3.80. The SMILES string of the molecule is O=C(NCCCCO)c1ccc(C=CCCc2ccccc2)cc1. The van der Waals surface area contributed by atoms with Crippen LogP contribution in [0.1, 0.15) is 40.7 Å². The highest BCUT2D eigenvalue weighted by molar-refractivity contribution is 5.94. The Kier molecular flexibility index (Phi) is 7.78. The fraction of sp³-hybridized carbons (Fsp3) is 0.286. The lowest BCUT2D eigenvalue weighted by Crippen LogP contribution is -2.24. The van der Waals surface area contributed by atoms with Gasteiger partial charge in [0, 0.05) is 18.7 Å². The first-order valence-electron chi connectivity index (χ1n) is 8.49. The summed E-state index contributed by atoms with van der Waals surface area (Å²) in [6.07, 6.45) is 7.79. The fourth-order valence-corrected chi connectivity index (χ4v) is 2.40. The Hall–Kier alpha value is -2.39. The molecule has 0 radical (unpaired) electrons. The van der Waals surface area contributed by atoms with Crippen LogP contribution >= 0.6 is 0 Å². The Labute approximate surface area is 144 Å². The monoisotopic (exact) mass is 323 g/mol. The van der Waals surface area contributed by atoms with Gasteiger partial charge in [-0.2, -0.15) is 0 Å². The molecule has 0 saturated carbocycles. The van der Waals surface area contributed by atoms with Crippen molar-refractivity contribution in [3.05, 3.63) is 77.4 Å². The molecule has 2 aromatic carbocycles. The molecule has 126 valence electrons. The van der Waals surface area contributed by atoms with Crippen LogP contribution in [-0.2, 0) is 6.42 Å². The summed E-state index contributed by atoms with van der Waals surface area (Å²) in [7, 11) is 0. The van der Waals surface area contributed by atoms with Gasteiger partial charge in [0.15, 0.2) is 0 Å². The summed E-state index contributed by atoms with van der Waals surface area (Å²) in [5, 5.41) is 11.6. The third kappa shape index (κ3) is 6.39. The average Bonchev–Trinajstić information content (AvgIpc) is 2.63. The van der Waals surface area contributed by atoms with Gasteiger partial charge in [-0.25, -0.2) is 0 Å². The molecule has 0 aliphatic carbocycles. The first-order valence-corrected chi connectivity index (χ1v) is 8.49. The molecule has 0 saturated heterocycles. The number of benzene rings is 2. The van der Waals surface area contributed by atoms with Gasteiger partial charge >= 0.3 is 0 Å². The largest absolute Gasteiger partial charge is 0.396 e. The van der Waals surface area contributed by atoms with E-state index in [-0.39, 0.29) is 12.5 Å². The highest BCUT2D eigenvalue weighted by Gasteiger charge is 2.03. The zero-order valence-corrected chi connectivity index (χ0v) is 13.9. The predicted octanol–water partition coefficient (Wildman–Crippen LogP) is 3.83. The smallest absolute Gasteiger partial charge is 0.251 e. The van der Waals surface area contributed by atoms with E-state index in [2.05, 4.69) is 41.7 Å². The maximum absolute atomic E-state index is 11.9. The van der Waals surface area contributed by atoms with Crippen LogP contribution in [0.2, 0.25) is 0 Å². The number of rotatable bonds is 9. The number of hydrogen-bond donors (Lipinski definition) is 2. The normalized spacial score (nSPS) is 10.9. The van der Waals surface area contributed by atoms with Gasteiger partial charge in [0.2, 0.25) is 0 Å². The van der Waals surface area contributed by atoms with E-state index in [0.717, 1.165) is 24.8 Å². The Balaban J connectivity index is 1.76. The van der Waals surface area contributed by atoms with Crippen LogP contribution in [0.5, 0.6) is 0 Å². The van der Waals surface area contributed by atoms with Gasteiger partial charge in [0.25, 0.3) is 5.91 Å². The highest BCUT2D eigenvalue weighted by atomic mass is 16.2. The van der Waals surface area contributed by atoms with Crippen LogP contribution in [0, 0.1) is 0 Å². The predicted molar refractivity (Wildman–Crippen MR) is 98.9 cm³/mol. The number of nitrogens with one attached hydrogen (secondary N) is 1. The van der Waals surface area contributed by atoms with Gasteiger partial charge in [-0.3, -0.25) is 4.79 Å². The summed E-state index contributed by atoms with van der Waals surface area (Å²) in [4.78, 5) is 11.9. The summed E-state index contributed by atoms with van der Waals surface area (Å²) in [6, 6.07) is 18.0. The molecule has 0 bridgehead atoms. The van der Waals surface area contributed by atoms with Crippen LogP contribution in [0.3, 0.4) is 0 Å². The lowest BCUT2D eigenvalue weighted by molar-refractivity contribution is 0.0952. The summed E-state index contributed by atoms with van der Waals surface area (Å²) in [5.41, 5.74) is 3.11. The molecule has 0 unspecified atom stereocenters. The van der Waals surface area contributed by atoms with Crippen molar-refractivity contribution in [2.45, 2.75) is 25.7 Å². The van der Waals surface area contributed by atoms with Crippen molar-refractivity contribution in [1.82, 2.24) is 5.32 Å². The molecule has 3 heteroatoms. The van der Waals surface area contributed by atoms with Crippen LogP contribution < -0.4 is 5.32 Å². The van der Waals surface area contributed by atoms with Crippen molar-refractivity contribution in [2.75, 3.05) is 13.2 Å². The molecule has 0 heterocycles. The number of carbonyl (C=O) groups is 1. The van der Waals surface area contributed by atoms with Crippen molar-refractivity contribution < 1.29 is 9.90 Å². The lowest BCUT2D eigenvalue weighted by Gasteiger charge is -2.05. The Morgan fingerprint density at radius 3 is 2.46 bits per heavy atom. The summed E-state index contributed by atoms with van der Waals surface area (Å²) < 4.78 is 0. The number of aliphatic hydroxyl groups excluding tert-OH is 1. The molecule has 24 heavy (non-hydrogen) atoms. The molecule has 2 rings (SSSR count). The molecule has 0 aliphatic heterocycles. The van der Waals surface area contributed by atoms with Gasteiger partial charge < -0.3 is 10.4 Å². The van der Waals surface area contributed by atoms with E-state index in [4.69, 9.17) is 5.11 Å². The number of unbranched alkanes of at least 4 members (excludes halogenated alkanes) is 1. The van der Waals surface area contributed by atoms with E-state index in [9.17, 15) is 4.79 Å². The first-order chi connectivity index (χ1) is 11.8. The molecule has 0 aromatic heterocycles. The second-order valence-electron chi connectivity index (χ2n) is 5.74. The molecule has 2 N–H and O–H groups in total. The summed E-state index contributed by atoms with van der Waals surface area (Å²) in [6.45, 7) is 0.766. The maximum atomic E-state index is 11.9. The second kappa shape index (κ2) is 10.4. The number of carbonyl (C=O) groups excluding carboxylic acids is 1. The first kappa shape index (κ1) is 18.0. The van der Waals surface area contributed by atoms with Gasteiger partial charge in [0.1, 0.15) is 0 Å². The van der Waals surface area contributed by atoms with Crippen molar-refractivity contribution >= 4 is 12.0 Å². The van der Waals surface area contributed by atoms with Crippen LogP contribution in [-0.4, -0.2) is 24.2 Å². The Bertz CT molecular complexity index is 633. The third-order valence-corrected chi connectivity index (χ3v) is 3.80. The van der Waals surface area contributed by atoms with E-state index in [1.165, 1.54) is 5.56 Å². The number of aryl methyl sites for hydroxylation is 1. The topological polar surface area (TPSA) is 49.3 Å². The molecule has 0 atom stereocenters. The van der Waals surface area contributed by atoms with Crippen molar-refractivity contribution in [3.63, 3.8) is 0 Å². The molecule has 0 spiro atoms. The fourth-order valence-electron chi connectivity index (χ4n) is 2.40. The number of allylic oxidation sites excluding steroid dienone is 1. The summed E-state index contributed by atoms with van der Waals surface area (Å²) >= 11 is 0. The molecule has 0 fully saturated rings. The minimum atomic E-state index is -0.0625. The van der Waals surface area contributed by atoms with Crippen molar-refractivity contribution in [1.29, 1.82) is 0 Å². The zero-order chi connectivity index (χ0) is 17.0. The Morgan fingerprint density at radius 1 is 1.00 bits per heavy atom. The van der Waals surface area contributed by atoms with Crippen LogP contribution in [0.25, 0.3) is 6.08 Å². The second-order valence-corrected chi connectivity index (χ2v) is 5.74. The van der Waals surface area contributed by atoms with Gasteiger partial charge in [0.05, 0.1) is 0 Å². The van der Waals surface area contributed by atoms with Gasteiger partial charge in [-0.15, -0.1) is 0 Å². The van der Waals surface area contributed by atoms with E-state index in [1.807, 2.05) is 30.3 Å². The number of amides is 1. The van der Waals surface area contributed by atoms with Crippen molar-refractivity contribution in [3.8, 4) is 0 Å². The van der Waals surface area contributed by atoms with E-state index in [1.54, 1.807) is 0 Å². The molecule has 0 aliphatic rings. The van der Waals surface area contributed by atoms with Crippen molar-refractivity contribution in [2.24, 2.45) is 0 Å². The van der Waals surface area contributed by atoms with E-state index < -0.39 is 0 Å². The standard InChI is InChI=1S/C21H25NO2/c23-17-7-6-16-22-21(24)20-14-12-19(13-15-20)11-5-4-10-18-8-2-1-3-9-18/h1-3,5,8-9,11-15,23H,4,6-7,10,16-17H2,(H,22,24). The van der Waals surface area contributed by atoms with Crippen LogP contribution in [0.4, 0.5) is 0 Å². The van der Waals surface area contributed by atoms with Gasteiger partial charge in [-0.1, -0.05) is 54.6 Å². The molecular weight excluding hydrogens is 298 g/mol. The number of aliphatic hydroxyl groups is 1. The summed E-state index contributed by atoms with van der Waals surface area (Å²) in [5.74, 6) is -0.0625. The van der Waals surface area contributed by atoms with Crippen LogP contribution in [0.15, 0.2) is 60.7 Å². The maximum Gasteiger partial charge on any atom is 0.251 e. The van der Waals surface area contributed by atoms with E-state index in [0.29, 0.717) is 18.5 Å². The van der Waals surface area contributed by atoms with Gasteiger partial charge in [-0.05, 0) is 48.9 Å². The Morgan fingerprint density at radius 2 is 1.75 bits per heavy atom. The highest BCUT2D eigenvalue weighted by Crippen LogP contribution is 2.08. The minimum absolute atomic E-state index is 0.0625. The lowest BCUT2D eigenvalue weighted by atomic mass is 10.1. The molecule has 1 amide bonds. The minimum Gasteiger partial charge on any atom is -0.396 e. The quantitative estimate of drug-likeness (QED) is 0.689. The zero-order valence-electron chi connectivity index (χ0n) is 13.9. The molecular formula is C21H25NO2.